The van der Waals surface area contributed by atoms with Crippen LogP contribution in [0.3, 0.4) is 0 Å². The molecule has 2 aromatic rings. The van der Waals surface area contributed by atoms with E-state index in [4.69, 9.17) is 9.47 Å². The SMILES string of the molecule is CCCOc1ccc(NC(=O)[C@](C)(CCC)OC)c2ccccc12. The Balaban J connectivity index is 2.35. The Bertz CT molecular complexity index is 698. The number of methoxy groups -OCH3 is 1. The number of rotatable bonds is 8. The van der Waals surface area contributed by atoms with Gasteiger partial charge in [0.1, 0.15) is 11.4 Å². The summed E-state index contributed by atoms with van der Waals surface area (Å²) in [6, 6.07) is 11.8. The highest BCUT2D eigenvalue weighted by Gasteiger charge is 2.32. The number of nitrogens with one attached hydrogen (secondary N) is 1. The van der Waals surface area contributed by atoms with Gasteiger partial charge in [0, 0.05) is 23.6 Å². The smallest absolute Gasteiger partial charge is 0.256 e. The van der Waals surface area contributed by atoms with Gasteiger partial charge < -0.3 is 14.8 Å². The molecule has 0 bridgehead atoms. The molecule has 4 nitrogen and oxygen atoms in total. The van der Waals surface area contributed by atoms with Crippen molar-refractivity contribution in [2.24, 2.45) is 0 Å². The van der Waals surface area contributed by atoms with Crippen LogP contribution in [-0.4, -0.2) is 25.2 Å². The largest absolute Gasteiger partial charge is 0.493 e. The van der Waals surface area contributed by atoms with Crippen molar-refractivity contribution in [2.45, 2.75) is 45.6 Å². The third-order valence-electron chi connectivity index (χ3n) is 4.25. The second-order valence-corrected chi connectivity index (χ2v) is 6.14. The Morgan fingerprint density at radius 3 is 2.42 bits per heavy atom. The maximum Gasteiger partial charge on any atom is 0.256 e. The zero-order valence-electron chi connectivity index (χ0n) is 15.0. The molecule has 24 heavy (non-hydrogen) atoms. The van der Waals surface area contributed by atoms with Gasteiger partial charge in [-0.25, -0.2) is 0 Å². The molecule has 1 N–H and O–H groups in total. The molecule has 1 atom stereocenters. The van der Waals surface area contributed by atoms with E-state index in [0.29, 0.717) is 13.0 Å². The molecule has 2 rings (SSSR count). The number of hydrogen-bond donors (Lipinski definition) is 1. The van der Waals surface area contributed by atoms with E-state index in [1.54, 1.807) is 7.11 Å². The second-order valence-electron chi connectivity index (χ2n) is 6.14. The fraction of sp³-hybridized carbons (Fsp3) is 0.450. The Morgan fingerprint density at radius 2 is 1.79 bits per heavy atom. The molecule has 0 saturated heterocycles. The van der Waals surface area contributed by atoms with Crippen LogP contribution in [0.4, 0.5) is 5.69 Å². The van der Waals surface area contributed by atoms with E-state index in [1.165, 1.54) is 0 Å². The monoisotopic (exact) mass is 329 g/mol. The molecule has 0 heterocycles. The normalized spacial score (nSPS) is 13.5. The quantitative estimate of drug-likeness (QED) is 0.758. The van der Waals surface area contributed by atoms with Crippen LogP contribution in [0.1, 0.15) is 40.0 Å². The van der Waals surface area contributed by atoms with E-state index in [-0.39, 0.29) is 5.91 Å². The van der Waals surface area contributed by atoms with Crippen molar-refractivity contribution in [3.63, 3.8) is 0 Å². The van der Waals surface area contributed by atoms with Crippen LogP contribution in [0.5, 0.6) is 5.75 Å². The van der Waals surface area contributed by atoms with Crippen LogP contribution in [0.15, 0.2) is 36.4 Å². The molecule has 4 heteroatoms. The van der Waals surface area contributed by atoms with Crippen molar-refractivity contribution >= 4 is 22.4 Å². The molecule has 0 aliphatic heterocycles. The van der Waals surface area contributed by atoms with Gasteiger partial charge in [0.05, 0.1) is 6.61 Å². The second kappa shape index (κ2) is 8.15. The van der Waals surface area contributed by atoms with E-state index < -0.39 is 5.60 Å². The zero-order chi connectivity index (χ0) is 17.6. The lowest BCUT2D eigenvalue weighted by atomic mass is 9.98. The molecule has 0 aromatic heterocycles. The first-order chi connectivity index (χ1) is 11.6. The minimum atomic E-state index is -0.826. The first-order valence-corrected chi connectivity index (χ1v) is 8.57. The van der Waals surface area contributed by atoms with Gasteiger partial charge in [-0.2, -0.15) is 0 Å². The van der Waals surface area contributed by atoms with Gasteiger partial charge >= 0.3 is 0 Å². The van der Waals surface area contributed by atoms with Gasteiger partial charge in [-0.3, -0.25) is 4.79 Å². The maximum absolute atomic E-state index is 12.7. The summed E-state index contributed by atoms with van der Waals surface area (Å²) >= 11 is 0. The number of amides is 1. The standard InChI is InChI=1S/C20H27NO3/c1-5-13-20(3,23-4)19(22)21-17-11-12-18(24-14-6-2)16-10-8-7-9-15(16)17/h7-12H,5-6,13-14H2,1-4H3,(H,21,22)/t20-/m0/s1. The molecule has 0 unspecified atom stereocenters. The Kier molecular flexibility index (Phi) is 6.21. The van der Waals surface area contributed by atoms with Crippen LogP contribution in [0, 0.1) is 0 Å². The van der Waals surface area contributed by atoms with E-state index in [9.17, 15) is 4.79 Å². The molecular formula is C20H27NO3. The third-order valence-corrected chi connectivity index (χ3v) is 4.25. The van der Waals surface area contributed by atoms with Crippen LogP contribution in [-0.2, 0) is 9.53 Å². The molecular weight excluding hydrogens is 302 g/mol. The maximum atomic E-state index is 12.7. The average Bonchev–Trinajstić information content (AvgIpc) is 2.61. The molecule has 0 fully saturated rings. The molecule has 2 aromatic carbocycles. The van der Waals surface area contributed by atoms with E-state index in [0.717, 1.165) is 35.1 Å². The minimum absolute atomic E-state index is 0.126. The fourth-order valence-electron chi connectivity index (χ4n) is 2.76. The molecule has 130 valence electrons. The number of hydrogen-bond acceptors (Lipinski definition) is 3. The summed E-state index contributed by atoms with van der Waals surface area (Å²) in [5.41, 5.74) is -0.0495. The van der Waals surface area contributed by atoms with Crippen LogP contribution < -0.4 is 10.1 Å². The van der Waals surface area contributed by atoms with E-state index in [2.05, 4.69) is 12.2 Å². The van der Waals surface area contributed by atoms with Crippen molar-refractivity contribution in [1.29, 1.82) is 0 Å². The Hall–Kier alpha value is -2.07. The highest BCUT2D eigenvalue weighted by atomic mass is 16.5. The topological polar surface area (TPSA) is 47.6 Å². The van der Waals surface area contributed by atoms with Crippen LogP contribution in [0.2, 0.25) is 0 Å². The summed E-state index contributed by atoms with van der Waals surface area (Å²) in [6.07, 6.45) is 2.50. The van der Waals surface area contributed by atoms with Gasteiger partial charge in [0.2, 0.25) is 0 Å². The van der Waals surface area contributed by atoms with Crippen molar-refractivity contribution < 1.29 is 14.3 Å². The number of benzene rings is 2. The lowest BCUT2D eigenvalue weighted by Crippen LogP contribution is -2.41. The lowest BCUT2D eigenvalue weighted by Gasteiger charge is -2.26. The van der Waals surface area contributed by atoms with Gasteiger partial charge in [-0.1, -0.05) is 44.5 Å². The number of carbonyl (C=O) groups excluding carboxylic acids is 1. The van der Waals surface area contributed by atoms with Crippen molar-refractivity contribution in [3.05, 3.63) is 36.4 Å². The summed E-state index contributed by atoms with van der Waals surface area (Å²) in [7, 11) is 1.58. The summed E-state index contributed by atoms with van der Waals surface area (Å²) in [5, 5.41) is 4.99. The van der Waals surface area contributed by atoms with Gasteiger partial charge in [0.25, 0.3) is 5.91 Å². The molecule has 1 amide bonds. The summed E-state index contributed by atoms with van der Waals surface area (Å²) in [6.45, 7) is 6.62. The van der Waals surface area contributed by atoms with Crippen LogP contribution in [0.25, 0.3) is 10.8 Å². The average molecular weight is 329 g/mol. The molecule has 0 aliphatic rings. The third kappa shape index (κ3) is 3.88. The summed E-state index contributed by atoms with van der Waals surface area (Å²) in [4.78, 5) is 12.7. The van der Waals surface area contributed by atoms with Gasteiger partial charge in [-0.05, 0) is 31.9 Å². The first kappa shape index (κ1) is 18.3. The van der Waals surface area contributed by atoms with Crippen molar-refractivity contribution in [1.82, 2.24) is 0 Å². The summed E-state index contributed by atoms with van der Waals surface area (Å²) in [5.74, 6) is 0.716. The fourth-order valence-corrected chi connectivity index (χ4v) is 2.76. The van der Waals surface area contributed by atoms with Crippen LogP contribution >= 0.6 is 0 Å². The molecule has 0 saturated carbocycles. The predicted molar refractivity (Wildman–Crippen MR) is 98.7 cm³/mol. The van der Waals surface area contributed by atoms with E-state index >= 15 is 0 Å². The highest BCUT2D eigenvalue weighted by molar-refractivity contribution is 6.06. The molecule has 0 spiro atoms. The Morgan fingerprint density at radius 1 is 1.08 bits per heavy atom. The van der Waals surface area contributed by atoms with Gasteiger partial charge in [-0.15, -0.1) is 0 Å². The summed E-state index contributed by atoms with van der Waals surface area (Å²) < 4.78 is 11.3. The minimum Gasteiger partial charge on any atom is -0.493 e. The van der Waals surface area contributed by atoms with Gasteiger partial charge in [0.15, 0.2) is 0 Å². The lowest BCUT2D eigenvalue weighted by molar-refractivity contribution is -0.136. The van der Waals surface area contributed by atoms with Crippen molar-refractivity contribution in [2.75, 3.05) is 19.0 Å². The van der Waals surface area contributed by atoms with E-state index in [1.807, 2.05) is 50.2 Å². The number of fused-ring (bicyclic) bond motifs is 1. The van der Waals surface area contributed by atoms with Crippen molar-refractivity contribution in [3.8, 4) is 5.75 Å². The Labute approximate surface area is 144 Å². The first-order valence-electron chi connectivity index (χ1n) is 8.57. The number of anilines is 1. The molecule has 0 aliphatic carbocycles. The zero-order valence-corrected chi connectivity index (χ0v) is 15.0. The highest BCUT2D eigenvalue weighted by Crippen LogP contribution is 2.32. The molecule has 0 radical (unpaired) electrons. The number of ether oxygens (including phenoxy) is 2. The number of carbonyl (C=O) groups is 1. The predicted octanol–water partition coefficient (Wildman–Crippen LogP) is 4.77.